The molecule has 0 aliphatic rings. The molecular weight excluding hydrogens is 311 g/mol. The fourth-order valence-electron chi connectivity index (χ4n) is 1.86. The van der Waals surface area contributed by atoms with Crippen molar-refractivity contribution in [3.05, 3.63) is 63.5 Å². The highest BCUT2D eigenvalue weighted by molar-refractivity contribution is 7.92. The van der Waals surface area contributed by atoms with Crippen LogP contribution in [0.2, 0.25) is 0 Å². The van der Waals surface area contributed by atoms with Crippen molar-refractivity contribution < 1.29 is 17.7 Å². The lowest BCUT2D eigenvalue weighted by Crippen LogP contribution is -2.14. The number of hydrogen-bond acceptors (Lipinski definition) is 4. The Morgan fingerprint density at radius 3 is 2.41 bits per heavy atom. The monoisotopic (exact) mass is 324 g/mol. The molecular formula is C14H13FN2O4S. The van der Waals surface area contributed by atoms with Gasteiger partial charge in [0.25, 0.3) is 15.7 Å². The van der Waals surface area contributed by atoms with Crippen LogP contribution < -0.4 is 4.72 Å². The number of hydrogen-bond donors (Lipinski definition) is 1. The van der Waals surface area contributed by atoms with Gasteiger partial charge in [0.2, 0.25) is 0 Å². The van der Waals surface area contributed by atoms with Crippen molar-refractivity contribution in [2.45, 2.75) is 18.7 Å². The van der Waals surface area contributed by atoms with Crippen molar-refractivity contribution in [1.82, 2.24) is 0 Å². The lowest BCUT2D eigenvalue weighted by atomic mass is 10.2. The number of nitrogens with zero attached hydrogens (tertiary/aromatic N) is 1. The number of nitro groups is 1. The highest BCUT2D eigenvalue weighted by atomic mass is 32.2. The molecule has 0 saturated heterocycles. The number of nitrogens with one attached hydrogen (secondary N) is 1. The van der Waals surface area contributed by atoms with Crippen LogP contribution in [0.15, 0.2) is 41.3 Å². The van der Waals surface area contributed by atoms with Crippen molar-refractivity contribution in [2.24, 2.45) is 0 Å². The van der Waals surface area contributed by atoms with Gasteiger partial charge in [-0.15, -0.1) is 0 Å². The Morgan fingerprint density at radius 1 is 1.14 bits per heavy atom. The summed E-state index contributed by atoms with van der Waals surface area (Å²) in [6.45, 7) is 3.17. The first-order valence-electron chi connectivity index (χ1n) is 6.25. The van der Waals surface area contributed by atoms with Gasteiger partial charge in [0.15, 0.2) is 0 Å². The smallest absolute Gasteiger partial charge is 0.273 e. The van der Waals surface area contributed by atoms with Gasteiger partial charge in [-0.2, -0.15) is 0 Å². The quantitative estimate of drug-likeness (QED) is 0.691. The second-order valence-corrected chi connectivity index (χ2v) is 6.48. The van der Waals surface area contributed by atoms with Crippen LogP contribution in [0.3, 0.4) is 0 Å². The van der Waals surface area contributed by atoms with Gasteiger partial charge in [-0.3, -0.25) is 14.8 Å². The molecule has 0 bridgehead atoms. The molecule has 6 nitrogen and oxygen atoms in total. The summed E-state index contributed by atoms with van der Waals surface area (Å²) in [6.07, 6.45) is 0. The molecule has 2 rings (SSSR count). The van der Waals surface area contributed by atoms with E-state index in [1.165, 1.54) is 31.2 Å². The van der Waals surface area contributed by atoms with Gasteiger partial charge in [0, 0.05) is 11.6 Å². The molecule has 0 aromatic heterocycles. The summed E-state index contributed by atoms with van der Waals surface area (Å²) in [6, 6.07) is 7.55. The molecule has 0 atom stereocenters. The van der Waals surface area contributed by atoms with Crippen LogP contribution >= 0.6 is 0 Å². The Morgan fingerprint density at radius 2 is 1.82 bits per heavy atom. The number of rotatable bonds is 4. The lowest BCUT2D eigenvalue weighted by molar-refractivity contribution is -0.385. The molecule has 0 radical (unpaired) electrons. The SMILES string of the molecule is Cc1ccc(NS(=O)(=O)c2ccc(C)c([N+](=O)[O-])c2)c(F)c1. The Hall–Kier alpha value is -2.48. The third-order valence-electron chi connectivity index (χ3n) is 3.06. The van der Waals surface area contributed by atoms with Gasteiger partial charge in [-0.1, -0.05) is 12.1 Å². The number of sulfonamides is 1. The highest BCUT2D eigenvalue weighted by Gasteiger charge is 2.21. The zero-order valence-electron chi connectivity index (χ0n) is 11.8. The van der Waals surface area contributed by atoms with Gasteiger partial charge in [-0.25, -0.2) is 12.8 Å². The van der Waals surface area contributed by atoms with E-state index in [1.54, 1.807) is 13.0 Å². The number of halogens is 1. The molecule has 2 aromatic carbocycles. The maximum Gasteiger partial charge on any atom is 0.273 e. The molecule has 8 heteroatoms. The summed E-state index contributed by atoms with van der Waals surface area (Å²) < 4.78 is 40.3. The molecule has 0 amide bonds. The summed E-state index contributed by atoms with van der Waals surface area (Å²) in [7, 11) is -4.12. The standard InChI is InChI=1S/C14H13FN2O4S/c1-9-3-6-13(12(15)7-9)16-22(20,21)11-5-4-10(2)14(8-11)17(18)19/h3-8,16H,1-2H3. The third-order valence-corrected chi connectivity index (χ3v) is 4.42. The van der Waals surface area contributed by atoms with Crippen LogP contribution in [0.1, 0.15) is 11.1 Å². The first-order chi connectivity index (χ1) is 10.2. The first-order valence-corrected chi connectivity index (χ1v) is 7.73. The summed E-state index contributed by atoms with van der Waals surface area (Å²) >= 11 is 0. The average Bonchev–Trinajstić information content (AvgIpc) is 2.42. The van der Waals surface area contributed by atoms with Crippen LogP contribution in [0.25, 0.3) is 0 Å². The molecule has 0 spiro atoms. The molecule has 2 aromatic rings. The maximum absolute atomic E-state index is 13.7. The van der Waals surface area contributed by atoms with Crippen molar-refractivity contribution in [2.75, 3.05) is 4.72 Å². The van der Waals surface area contributed by atoms with Crippen molar-refractivity contribution in [1.29, 1.82) is 0 Å². The average molecular weight is 324 g/mol. The molecule has 1 N–H and O–H groups in total. The minimum absolute atomic E-state index is 0.214. The topological polar surface area (TPSA) is 89.3 Å². The van der Waals surface area contributed by atoms with E-state index >= 15 is 0 Å². The summed E-state index contributed by atoms with van der Waals surface area (Å²) in [5, 5.41) is 10.9. The molecule has 22 heavy (non-hydrogen) atoms. The lowest BCUT2D eigenvalue weighted by Gasteiger charge is -2.10. The van der Waals surface area contributed by atoms with E-state index in [2.05, 4.69) is 4.72 Å². The van der Waals surface area contributed by atoms with Crippen LogP contribution in [0, 0.1) is 29.8 Å². The minimum Gasteiger partial charge on any atom is -0.277 e. The third kappa shape index (κ3) is 3.22. The van der Waals surface area contributed by atoms with Crippen LogP contribution in [0.4, 0.5) is 15.8 Å². The van der Waals surface area contributed by atoms with Gasteiger partial charge in [-0.05, 0) is 37.6 Å². The Bertz CT molecular complexity index is 850. The molecule has 0 fully saturated rings. The Kier molecular flexibility index (Phi) is 4.14. The van der Waals surface area contributed by atoms with Crippen molar-refractivity contribution in [3.8, 4) is 0 Å². The van der Waals surface area contributed by atoms with E-state index in [9.17, 15) is 22.9 Å². The summed E-state index contributed by atoms with van der Waals surface area (Å²) in [4.78, 5) is 9.91. The summed E-state index contributed by atoms with van der Waals surface area (Å²) in [5.41, 5.74) is 0.456. The van der Waals surface area contributed by atoms with Crippen molar-refractivity contribution >= 4 is 21.4 Å². The van der Waals surface area contributed by atoms with Crippen LogP contribution in [0.5, 0.6) is 0 Å². The second-order valence-electron chi connectivity index (χ2n) is 4.79. The predicted molar refractivity (Wildman–Crippen MR) is 79.8 cm³/mol. The first kappa shape index (κ1) is 15.9. The molecule has 116 valence electrons. The van der Waals surface area contributed by atoms with E-state index in [1.807, 2.05) is 0 Å². The molecule has 0 heterocycles. The zero-order chi connectivity index (χ0) is 16.5. The molecule has 0 aliphatic carbocycles. The second kappa shape index (κ2) is 5.72. The Labute approximate surface area is 126 Å². The summed E-state index contributed by atoms with van der Waals surface area (Å²) in [5.74, 6) is -0.717. The van der Waals surface area contributed by atoms with E-state index in [4.69, 9.17) is 0 Å². The number of anilines is 1. The fourth-order valence-corrected chi connectivity index (χ4v) is 2.95. The van der Waals surface area contributed by atoms with Crippen LogP contribution in [-0.2, 0) is 10.0 Å². The van der Waals surface area contributed by atoms with Gasteiger partial charge in [0.05, 0.1) is 15.5 Å². The Balaban J connectivity index is 2.42. The van der Waals surface area contributed by atoms with Crippen molar-refractivity contribution in [3.63, 3.8) is 0 Å². The van der Waals surface area contributed by atoms with E-state index in [0.29, 0.717) is 11.1 Å². The fraction of sp³-hybridized carbons (Fsp3) is 0.143. The minimum atomic E-state index is -4.12. The maximum atomic E-state index is 13.7. The van der Waals surface area contributed by atoms with Crippen LogP contribution in [-0.4, -0.2) is 13.3 Å². The molecule has 0 aliphatic heterocycles. The number of nitro benzene ring substituents is 1. The molecule has 0 unspecified atom stereocenters. The van der Waals surface area contributed by atoms with Gasteiger partial charge in [0.1, 0.15) is 5.82 Å². The normalized spacial score (nSPS) is 11.2. The molecule has 0 saturated carbocycles. The van der Waals surface area contributed by atoms with E-state index in [0.717, 1.165) is 6.07 Å². The highest BCUT2D eigenvalue weighted by Crippen LogP contribution is 2.25. The van der Waals surface area contributed by atoms with E-state index in [-0.39, 0.29) is 16.3 Å². The number of benzene rings is 2. The van der Waals surface area contributed by atoms with Gasteiger partial charge >= 0.3 is 0 Å². The zero-order valence-corrected chi connectivity index (χ0v) is 12.6. The predicted octanol–water partition coefficient (Wildman–Crippen LogP) is 3.15. The van der Waals surface area contributed by atoms with Gasteiger partial charge < -0.3 is 0 Å². The largest absolute Gasteiger partial charge is 0.277 e. The number of aryl methyl sites for hydroxylation is 2. The van der Waals surface area contributed by atoms with E-state index < -0.39 is 20.8 Å².